The normalized spacial score (nSPS) is 14.7. The Hall–Kier alpha value is -1.94. The Morgan fingerprint density at radius 3 is 0.740 bits per heavy atom. The van der Waals surface area contributed by atoms with Crippen LogP contribution in [0.4, 0.5) is 0 Å². The molecule has 0 bridgehead atoms. The number of phosphoric acid groups is 2. The Balaban J connectivity index is 5.19. The second-order valence-corrected chi connectivity index (χ2v) is 32.1. The molecule has 0 heterocycles. The van der Waals surface area contributed by atoms with Gasteiger partial charge in [0, 0.05) is 25.7 Å². The summed E-state index contributed by atoms with van der Waals surface area (Å²) in [7, 11) is -9.91. The molecule has 19 heteroatoms. The van der Waals surface area contributed by atoms with Crippen molar-refractivity contribution in [3.63, 3.8) is 0 Å². The molecule has 0 fully saturated rings. The molecule has 96 heavy (non-hydrogen) atoms. The van der Waals surface area contributed by atoms with Crippen molar-refractivity contribution in [3.05, 3.63) is 0 Å². The van der Waals surface area contributed by atoms with E-state index < -0.39 is 97.5 Å². The van der Waals surface area contributed by atoms with Gasteiger partial charge in [-0.2, -0.15) is 0 Å². The highest BCUT2D eigenvalue weighted by Gasteiger charge is 2.30. The van der Waals surface area contributed by atoms with Gasteiger partial charge in [-0.15, -0.1) is 0 Å². The lowest BCUT2D eigenvalue weighted by molar-refractivity contribution is -0.161. The molecule has 3 N–H and O–H groups in total. The molecule has 4 unspecified atom stereocenters. The molecule has 0 aliphatic carbocycles. The van der Waals surface area contributed by atoms with Crippen LogP contribution in [0, 0.1) is 23.7 Å². The van der Waals surface area contributed by atoms with E-state index >= 15 is 0 Å². The van der Waals surface area contributed by atoms with Crippen LogP contribution in [0.2, 0.25) is 0 Å². The number of hydrogen-bond acceptors (Lipinski definition) is 15. The number of esters is 4. The van der Waals surface area contributed by atoms with Gasteiger partial charge >= 0.3 is 39.5 Å². The van der Waals surface area contributed by atoms with E-state index in [1.165, 1.54) is 186 Å². The van der Waals surface area contributed by atoms with E-state index in [1.54, 1.807) is 0 Å². The average molecular weight is 1410 g/mol. The molecule has 570 valence electrons. The summed E-state index contributed by atoms with van der Waals surface area (Å²) in [6, 6.07) is 0. The number of aliphatic hydroxyl groups is 1. The molecule has 0 aromatic carbocycles. The second-order valence-electron chi connectivity index (χ2n) is 29.2. The number of ether oxygens (including phenoxy) is 4. The lowest BCUT2D eigenvalue weighted by Gasteiger charge is -2.21. The fourth-order valence-corrected chi connectivity index (χ4v) is 13.2. The summed E-state index contributed by atoms with van der Waals surface area (Å²) in [5, 5.41) is 10.6. The van der Waals surface area contributed by atoms with Crippen molar-refractivity contribution in [2.45, 2.75) is 408 Å². The maximum Gasteiger partial charge on any atom is 0.472 e. The van der Waals surface area contributed by atoms with Crippen LogP contribution in [0.15, 0.2) is 0 Å². The number of carbonyl (C=O) groups excluding carboxylic acids is 4. The number of rotatable bonds is 74. The summed E-state index contributed by atoms with van der Waals surface area (Å²) in [5.74, 6) is 0.951. The minimum absolute atomic E-state index is 0.104. The zero-order valence-electron chi connectivity index (χ0n) is 63.0. The van der Waals surface area contributed by atoms with Crippen LogP contribution >= 0.6 is 15.6 Å². The number of hydrogen-bond donors (Lipinski definition) is 3. The fraction of sp³-hybridized carbons (Fsp3) is 0.948. The van der Waals surface area contributed by atoms with Gasteiger partial charge in [0.25, 0.3) is 0 Å². The van der Waals surface area contributed by atoms with Crippen molar-refractivity contribution in [1.29, 1.82) is 0 Å². The van der Waals surface area contributed by atoms with Crippen LogP contribution < -0.4 is 0 Å². The monoisotopic (exact) mass is 1410 g/mol. The van der Waals surface area contributed by atoms with E-state index in [1.807, 2.05) is 0 Å². The van der Waals surface area contributed by atoms with Crippen LogP contribution in [0.1, 0.15) is 389 Å². The predicted octanol–water partition coefficient (Wildman–Crippen LogP) is 22.4. The fourth-order valence-electron chi connectivity index (χ4n) is 11.7. The van der Waals surface area contributed by atoms with E-state index in [4.69, 9.17) is 37.0 Å². The standard InChI is InChI=1S/C77H150O17P2/c1-9-69(7)55-47-39-30-24-21-22-26-33-43-51-59-76(81)93-72(63-87-74(79)57-49-41-32-25-20-18-16-14-12-11-13-15-17-19-23-29-37-45-53-67(3)4)65-91-95(83,84)89-61-71(78)62-90-96(85,86)92-66-73(64-88-75(80)58-50-42-36-35-38-46-54-68(5)6)94-77(82)60-52-44-34-28-27-31-40-48-56-70(8)10-2/h67-73,78H,9-66H2,1-8H3,(H,83,84)(H,85,86)/t69?,70?,71-,72-,73-/m1/s1. The number of carbonyl (C=O) groups is 4. The molecule has 0 spiro atoms. The van der Waals surface area contributed by atoms with Crippen molar-refractivity contribution >= 4 is 39.5 Å². The first-order valence-corrected chi connectivity index (χ1v) is 42.8. The first-order chi connectivity index (χ1) is 46.2. The first kappa shape index (κ1) is 94.1. The molecule has 0 aliphatic rings. The summed E-state index contributed by atoms with van der Waals surface area (Å²) in [6.07, 6.45) is 51.5. The highest BCUT2D eigenvalue weighted by atomic mass is 31.2. The lowest BCUT2D eigenvalue weighted by atomic mass is 9.99. The van der Waals surface area contributed by atoms with Gasteiger partial charge in [-0.1, -0.05) is 338 Å². The van der Waals surface area contributed by atoms with E-state index in [2.05, 4.69) is 55.4 Å². The van der Waals surface area contributed by atoms with Crippen LogP contribution in [0.5, 0.6) is 0 Å². The van der Waals surface area contributed by atoms with Gasteiger partial charge in [0.2, 0.25) is 0 Å². The summed E-state index contributed by atoms with van der Waals surface area (Å²) in [4.78, 5) is 72.8. The zero-order chi connectivity index (χ0) is 71.0. The molecule has 0 rings (SSSR count). The second kappa shape index (κ2) is 66.3. The van der Waals surface area contributed by atoms with E-state index in [0.717, 1.165) is 114 Å². The van der Waals surface area contributed by atoms with Gasteiger partial charge in [0.05, 0.1) is 26.4 Å². The Morgan fingerprint density at radius 1 is 0.292 bits per heavy atom. The van der Waals surface area contributed by atoms with Gasteiger partial charge in [-0.05, 0) is 49.4 Å². The van der Waals surface area contributed by atoms with Crippen molar-refractivity contribution in [1.82, 2.24) is 0 Å². The molecule has 7 atom stereocenters. The third-order valence-corrected chi connectivity index (χ3v) is 20.4. The van der Waals surface area contributed by atoms with Gasteiger partial charge < -0.3 is 33.8 Å². The SMILES string of the molecule is CCC(C)CCCCCCCCCCCCC(=O)O[C@H](COC(=O)CCCCCCCCCCCCCCCCCCCCC(C)C)COP(=O)(O)OC[C@@H](O)COP(=O)(O)OC[C@@H](COC(=O)CCCCCCCCC(C)C)OC(=O)CCCCCCCCCCC(C)CC. The van der Waals surface area contributed by atoms with Crippen molar-refractivity contribution in [2.75, 3.05) is 39.6 Å². The molecule has 0 radical (unpaired) electrons. The maximum atomic E-state index is 13.1. The van der Waals surface area contributed by atoms with Gasteiger partial charge in [-0.3, -0.25) is 37.3 Å². The molecule has 0 saturated carbocycles. The third kappa shape index (κ3) is 67.9. The molecule has 0 aliphatic heterocycles. The molecular formula is C77H150O17P2. The quantitative estimate of drug-likeness (QED) is 0.0222. The summed E-state index contributed by atoms with van der Waals surface area (Å²) in [6.45, 7) is 14.2. The third-order valence-electron chi connectivity index (χ3n) is 18.5. The summed E-state index contributed by atoms with van der Waals surface area (Å²) >= 11 is 0. The van der Waals surface area contributed by atoms with E-state index in [9.17, 15) is 43.2 Å². The van der Waals surface area contributed by atoms with Gasteiger partial charge in [-0.25, -0.2) is 9.13 Å². The number of unbranched alkanes of at least 4 members (excludes halogenated alkanes) is 38. The van der Waals surface area contributed by atoms with Crippen LogP contribution in [0.25, 0.3) is 0 Å². The number of aliphatic hydroxyl groups excluding tert-OH is 1. The van der Waals surface area contributed by atoms with Crippen LogP contribution in [-0.4, -0.2) is 96.7 Å². The predicted molar refractivity (Wildman–Crippen MR) is 391 cm³/mol. The maximum absolute atomic E-state index is 13.1. The molecular weight excluding hydrogens is 1260 g/mol. The Morgan fingerprint density at radius 2 is 0.500 bits per heavy atom. The molecule has 0 aromatic rings. The Labute approximate surface area is 588 Å². The van der Waals surface area contributed by atoms with Crippen LogP contribution in [-0.2, 0) is 65.4 Å². The summed E-state index contributed by atoms with van der Waals surface area (Å²) < 4.78 is 68.5. The highest BCUT2D eigenvalue weighted by molar-refractivity contribution is 7.47. The minimum Gasteiger partial charge on any atom is -0.462 e. The zero-order valence-corrected chi connectivity index (χ0v) is 64.8. The van der Waals surface area contributed by atoms with Crippen LogP contribution in [0.3, 0.4) is 0 Å². The first-order valence-electron chi connectivity index (χ1n) is 39.8. The topological polar surface area (TPSA) is 237 Å². The van der Waals surface area contributed by atoms with Crippen molar-refractivity contribution in [2.24, 2.45) is 23.7 Å². The molecule has 0 aromatic heterocycles. The van der Waals surface area contributed by atoms with E-state index in [-0.39, 0.29) is 25.7 Å². The average Bonchev–Trinajstić information content (AvgIpc) is 3.28. The smallest absolute Gasteiger partial charge is 0.462 e. The Kier molecular flexibility index (Phi) is 65.0. The molecule has 17 nitrogen and oxygen atoms in total. The summed E-state index contributed by atoms with van der Waals surface area (Å²) in [5.41, 5.74) is 0. The van der Waals surface area contributed by atoms with Gasteiger partial charge in [0.15, 0.2) is 12.2 Å². The van der Waals surface area contributed by atoms with E-state index in [0.29, 0.717) is 31.6 Å². The minimum atomic E-state index is -4.96. The number of phosphoric ester groups is 2. The van der Waals surface area contributed by atoms with Gasteiger partial charge in [0.1, 0.15) is 19.3 Å². The van der Waals surface area contributed by atoms with Crippen molar-refractivity contribution < 1.29 is 80.2 Å². The van der Waals surface area contributed by atoms with Crippen molar-refractivity contribution in [3.8, 4) is 0 Å². The Bertz CT molecular complexity index is 1890. The molecule has 0 saturated heterocycles. The highest BCUT2D eigenvalue weighted by Crippen LogP contribution is 2.45. The lowest BCUT2D eigenvalue weighted by Crippen LogP contribution is -2.30. The molecule has 0 amide bonds. The largest absolute Gasteiger partial charge is 0.472 e.